The predicted octanol–water partition coefficient (Wildman–Crippen LogP) is 1.37. The quantitative estimate of drug-likeness (QED) is 0.760. The molecule has 1 aliphatic rings. The van der Waals surface area contributed by atoms with Gasteiger partial charge in [0.05, 0.1) is 24.2 Å². The first-order valence-electron chi connectivity index (χ1n) is 7.48. The van der Waals surface area contributed by atoms with Crippen LogP contribution < -0.4 is 5.32 Å². The average molecular weight is 298 g/mol. The topological polar surface area (TPSA) is 80.7 Å². The van der Waals surface area contributed by atoms with Crippen LogP contribution in [0.2, 0.25) is 0 Å². The molecule has 3 aromatic rings. The van der Waals surface area contributed by atoms with Gasteiger partial charge in [-0.2, -0.15) is 4.68 Å². The van der Waals surface area contributed by atoms with Gasteiger partial charge in [-0.1, -0.05) is 12.1 Å². The van der Waals surface area contributed by atoms with Gasteiger partial charge in [0.15, 0.2) is 5.82 Å². The first kappa shape index (κ1) is 13.4. The number of imidazole rings is 1. The number of fused-ring (bicyclic) bond motifs is 1. The molecule has 3 heterocycles. The predicted molar refractivity (Wildman–Crippen MR) is 82.0 cm³/mol. The van der Waals surface area contributed by atoms with Crippen LogP contribution in [0.4, 0.5) is 0 Å². The maximum Gasteiger partial charge on any atom is 0.230 e. The number of hydrogen-bond donors (Lipinski definition) is 2. The zero-order valence-corrected chi connectivity index (χ0v) is 12.4. The summed E-state index contributed by atoms with van der Waals surface area (Å²) in [6.07, 6.45) is 0.975. The molecule has 0 bridgehead atoms. The SMILES string of the molecule is CNCc1nc([C@H]2CCOC2)nn1-c1nc2ccccc2[nH]1. The molecule has 0 saturated carbocycles. The van der Waals surface area contributed by atoms with Gasteiger partial charge in [-0.15, -0.1) is 5.10 Å². The minimum atomic E-state index is 0.279. The van der Waals surface area contributed by atoms with Gasteiger partial charge >= 0.3 is 0 Å². The van der Waals surface area contributed by atoms with Crippen molar-refractivity contribution in [2.75, 3.05) is 20.3 Å². The Morgan fingerprint density at radius 2 is 2.27 bits per heavy atom. The monoisotopic (exact) mass is 298 g/mol. The zero-order chi connectivity index (χ0) is 14.9. The lowest BCUT2D eigenvalue weighted by Crippen LogP contribution is -2.12. The summed E-state index contributed by atoms with van der Waals surface area (Å²) in [6, 6.07) is 7.95. The van der Waals surface area contributed by atoms with Crippen LogP contribution in [-0.4, -0.2) is 45.0 Å². The van der Waals surface area contributed by atoms with E-state index in [1.54, 1.807) is 4.68 Å². The van der Waals surface area contributed by atoms with Gasteiger partial charge in [-0.05, 0) is 25.6 Å². The fourth-order valence-electron chi connectivity index (χ4n) is 2.75. The molecule has 4 rings (SSSR count). The third kappa shape index (κ3) is 2.28. The number of nitrogens with zero attached hydrogens (tertiary/aromatic N) is 4. The van der Waals surface area contributed by atoms with Gasteiger partial charge in [-0.25, -0.2) is 9.97 Å². The van der Waals surface area contributed by atoms with Gasteiger partial charge in [-0.3, -0.25) is 0 Å². The Kier molecular flexibility index (Phi) is 3.36. The van der Waals surface area contributed by atoms with E-state index in [4.69, 9.17) is 4.74 Å². The smallest absolute Gasteiger partial charge is 0.230 e. The number of nitrogens with one attached hydrogen (secondary N) is 2. The van der Waals surface area contributed by atoms with E-state index in [2.05, 4.69) is 25.4 Å². The minimum absolute atomic E-state index is 0.279. The molecule has 2 aromatic heterocycles. The molecule has 2 N–H and O–H groups in total. The Morgan fingerprint density at radius 1 is 1.36 bits per heavy atom. The Hall–Kier alpha value is -2.25. The third-order valence-electron chi connectivity index (χ3n) is 3.90. The van der Waals surface area contributed by atoms with Gasteiger partial charge in [0.2, 0.25) is 5.95 Å². The number of aromatic nitrogens is 5. The molecule has 0 aliphatic carbocycles. The highest BCUT2D eigenvalue weighted by Gasteiger charge is 2.24. The van der Waals surface area contributed by atoms with Crippen molar-refractivity contribution in [3.8, 4) is 5.95 Å². The van der Waals surface area contributed by atoms with Gasteiger partial charge in [0.1, 0.15) is 5.82 Å². The van der Waals surface area contributed by atoms with E-state index in [0.29, 0.717) is 19.1 Å². The van der Waals surface area contributed by atoms with Crippen molar-refractivity contribution in [3.63, 3.8) is 0 Å². The summed E-state index contributed by atoms with van der Waals surface area (Å²) in [7, 11) is 1.90. The number of para-hydroxylation sites is 2. The molecule has 7 nitrogen and oxygen atoms in total. The molecule has 0 amide bonds. The molecule has 0 radical (unpaired) electrons. The van der Waals surface area contributed by atoms with Crippen molar-refractivity contribution in [2.24, 2.45) is 0 Å². The molecule has 22 heavy (non-hydrogen) atoms. The second kappa shape index (κ2) is 5.51. The second-order valence-electron chi connectivity index (χ2n) is 5.47. The van der Waals surface area contributed by atoms with Crippen LogP contribution in [0.25, 0.3) is 17.0 Å². The summed E-state index contributed by atoms with van der Waals surface area (Å²) < 4.78 is 7.24. The molecule has 1 atom stereocenters. The molecular formula is C15H18N6O. The van der Waals surface area contributed by atoms with E-state index in [-0.39, 0.29) is 5.92 Å². The number of hydrogen-bond acceptors (Lipinski definition) is 5. The van der Waals surface area contributed by atoms with Crippen LogP contribution in [0.5, 0.6) is 0 Å². The van der Waals surface area contributed by atoms with E-state index < -0.39 is 0 Å². The fraction of sp³-hybridized carbons (Fsp3) is 0.400. The Balaban J connectivity index is 1.78. The summed E-state index contributed by atoms with van der Waals surface area (Å²) in [5.41, 5.74) is 1.92. The van der Waals surface area contributed by atoms with E-state index in [9.17, 15) is 0 Å². The molecule has 7 heteroatoms. The third-order valence-corrected chi connectivity index (χ3v) is 3.90. The molecular weight excluding hydrogens is 280 g/mol. The number of aromatic amines is 1. The van der Waals surface area contributed by atoms with Gasteiger partial charge in [0.25, 0.3) is 0 Å². The summed E-state index contributed by atoms with van der Waals surface area (Å²) in [5, 5.41) is 7.80. The van der Waals surface area contributed by atoms with Crippen LogP contribution in [-0.2, 0) is 11.3 Å². The largest absolute Gasteiger partial charge is 0.381 e. The van der Waals surface area contributed by atoms with Crippen molar-refractivity contribution in [3.05, 3.63) is 35.9 Å². The van der Waals surface area contributed by atoms with Crippen LogP contribution in [0, 0.1) is 0 Å². The van der Waals surface area contributed by atoms with Crippen molar-refractivity contribution < 1.29 is 4.74 Å². The van der Waals surface area contributed by atoms with E-state index in [1.807, 2.05) is 31.3 Å². The molecule has 1 saturated heterocycles. The summed E-state index contributed by atoms with van der Waals surface area (Å²) in [6.45, 7) is 2.12. The highest BCUT2D eigenvalue weighted by molar-refractivity contribution is 5.75. The molecule has 1 aliphatic heterocycles. The summed E-state index contributed by atoms with van der Waals surface area (Å²) in [4.78, 5) is 12.6. The van der Waals surface area contributed by atoms with E-state index in [0.717, 1.165) is 35.7 Å². The Bertz CT molecular complexity index is 753. The maximum atomic E-state index is 5.45. The average Bonchev–Trinajstić information content (AvgIpc) is 3.26. The van der Waals surface area contributed by atoms with Crippen molar-refractivity contribution >= 4 is 11.0 Å². The van der Waals surface area contributed by atoms with Crippen molar-refractivity contribution in [2.45, 2.75) is 18.9 Å². The van der Waals surface area contributed by atoms with Gasteiger partial charge < -0.3 is 15.0 Å². The zero-order valence-electron chi connectivity index (χ0n) is 12.4. The minimum Gasteiger partial charge on any atom is -0.381 e. The Morgan fingerprint density at radius 3 is 3.05 bits per heavy atom. The van der Waals surface area contributed by atoms with Crippen molar-refractivity contribution in [1.82, 2.24) is 30.0 Å². The second-order valence-corrected chi connectivity index (χ2v) is 5.47. The highest BCUT2D eigenvalue weighted by atomic mass is 16.5. The normalized spacial score (nSPS) is 18.3. The molecule has 1 aromatic carbocycles. The Labute approximate surface area is 127 Å². The molecule has 0 unspecified atom stereocenters. The molecule has 0 spiro atoms. The van der Waals surface area contributed by atoms with Crippen LogP contribution in [0.15, 0.2) is 24.3 Å². The lowest BCUT2D eigenvalue weighted by molar-refractivity contribution is 0.193. The number of H-pyrrole nitrogens is 1. The molecule has 1 fully saturated rings. The number of rotatable bonds is 4. The van der Waals surface area contributed by atoms with Crippen LogP contribution in [0.3, 0.4) is 0 Å². The summed E-state index contributed by atoms with van der Waals surface area (Å²) >= 11 is 0. The lowest BCUT2D eigenvalue weighted by Gasteiger charge is -2.00. The highest BCUT2D eigenvalue weighted by Crippen LogP contribution is 2.23. The molecule has 114 valence electrons. The standard InChI is InChI=1S/C15H18N6O/c1-16-8-13-19-14(10-6-7-22-9-10)20-21(13)15-17-11-4-2-3-5-12(11)18-15/h2-5,10,16H,6-9H2,1H3,(H,17,18)/t10-/m0/s1. The first-order chi connectivity index (χ1) is 10.8. The van der Waals surface area contributed by atoms with Crippen molar-refractivity contribution in [1.29, 1.82) is 0 Å². The van der Waals surface area contributed by atoms with E-state index in [1.165, 1.54) is 0 Å². The number of benzene rings is 1. The van der Waals surface area contributed by atoms with Crippen LogP contribution in [0.1, 0.15) is 24.0 Å². The number of ether oxygens (including phenoxy) is 1. The van der Waals surface area contributed by atoms with Gasteiger partial charge in [0, 0.05) is 12.5 Å². The first-order valence-corrected chi connectivity index (χ1v) is 7.48. The fourth-order valence-corrected chi connectivity index (χ4v) is 2.75. The van der Waals surface area contributed by atoms with Crippen LogP contribution >= 0.6 is 0 Å². The lowest BCUT2D eigenvalue weighted by atomic mass is 10.1. The maximum absolute atomic E-state index is 5.45. The summed E-state index contributed by atoms with van der Waals surface area (Å²) in [5.74, 6) is 2.66. The van der Waals surface area contributed by atoms with E-state index >= 15 is 0 Å².